The van der Waals surface area contributed by atoms with Crippen LogP contribution in [0.2, 0.25) is 0 Å². The maximum Gasteiger partial charge on any atom is 0.252 e. The molecule has 1 N–H and O–H groups in total. The van der Waals surface area contributed by atoms with E-state index in [0.717, 1.165) is 21.6 Å². The molecule has 4 rings (SSSR count). The van der Waals surface area contributed by atoms with Crippen molar-refractivity contribution < 1.29 is 9.32 Å². The van der Waals surface area contributed by atoms with E-state index in [4.69, 9.17) is 4.52 Å². The third-order valence-electron chi connectivity index (χ3n) is 4.45. The number of nitrogens with one attached hydrogen (secondary N) is 1. The Balaban J connectivity index is 1.47. The first-order valence-corrected chi connectivity index (χ1v) is 10.2. The van der Waals surface area contributed by atoms with Gasteiger partial charge >= 0.3 is 0 Å². The highest BCUT2D eigenvalue weighted by Crippen LogP contribution is 2.25. The van der Waals surface area contributed by atoms with Crippen molar-refractivity contribution in [3.05, 3.63) is 84.1 Å². The van der Waals surface area contributed by atoms with E-state index >= 15 is 0 Å². The molecule has 0 unspecified atom stereocenters. The maximum absolute atomic E-state index is 12.6. The molecule has 0 aliphatic rings. The number of nitrogens with zero attached hydrogens (tertiary/aromatic N) is 1. The lowest BCUT2D eigenvalue weighted by atomic mass is 10.1. The minimum Gasteiger partial charge on any atom is -0.356 e. The van der Waals surface area contributed by atoms with Crippen molar-refractivity contribution in [2.45, 2.75) is 18.4 Å². The number of hydrogen-bond acceptors (Lipinski definition) is 4. The molecule has 140 valence electrons. The Kier molecular flexibility index (Phi) is 5.44. The Morgan fingerprint density at radius 2 is 1.79 bits per heavy atom. The number of carbonyl (C=O) groups is 1. The molecule has 1 amide bonds. The molecule has 0 bridgehead atoms. The molecule has 0 aliphatic heterocycles. The van der Waals surface area contributed by atoms with Gasteiger partial charge in [0.15, 0.2) is 5.76 Å². The van der Waals surface area contributed by atoms with Gasteiger partial charge in [-0.3, -0.25) is 4.79 Å². The highest BCUT2D eigenvalue weighted by molar-refractivity contribution is 7.99. The second kappa shape index (κ2) is 8.31. The monoisotopic (exact) mass is 388 g/mol. The van der Waals surface area contributed by atoms with E-state index in [0.29, 0.717) is 23.6 Å². The highest BCUT2D eigenvalue weighted by atomic mass is 32.2. The standard InChI is InChI=1S/C23H20N2O2S/c1-2-28-22-10-6-5-9-20(22)23(26)24-15-19-14-21(27-25-19)18-12-11-16-7-3-4-8-17(16)13-18/h3-14H,2,15H2,1H3,(H,24,26). The van der Waals surface area contributed by atoms with Crippen LogP contribution in [0.25, 0.3) is 22.1 Å². The summed E-state index contributed by atoms with van der Waals surface area (Å²) in [6.45, 7) is 2.39. The molecule has 0 radical (unpaired) electrons. The lowest BCUT2D eigenvalue weighted by Crippen LogP contribution is -2.23. The molecule has 0 aliphatic carbocycles. The minimum atomic E-state index is -0.105. The Morgan fingerprint density at radius 1 is 1.00 bits per heavy atom. The molecule has 28 heavy (non-hydrogen) atoms. The van der Waals surface area contributed by atoms with E-state index in [2.05, 4.69) is 41.7 Å². The van der Waals surface area contributed by atoms with Crippen LogP contribution in [0.1, 0.15) is 23.0 Å². The van der Waals surface area contributed by atoms with Crippen LogP contribution in [0.3, 0.4) is 0 Å². The van der Waals surface area contributed by atoms with E-state index < -0.39 is 0 Å². The van der Waals surface area contributed by atoms with Gasteiger partial charge in [0.05, 0.1) is 12.1 Å². The van der Waals surface area contributed by atoms with Crippen molar-refractivity contribution in [2.75, 3.05) is 5.75 Å². The smallest absolute Gasteiger partial charge is 0.252 e. The van der Waals surface area contributed by atoms with Crippen LogP contribution < -0.4 is 5.32 Å². The molecule has 0 atom stereocenters. The van der Waals surface area contributed by atoms with Crippen molar-refractivity contribution in [3.63, 3.8) is 0 Å². The van der Waals surface area contributed by atoms with Crippen molar-refractivity contribution in [3.8, 4) is 11.3 Å². The fourth-order valence-electron chi connectivity index (χ4n) is 3.08. The van der Waals surface area contributed by atoms with E-state index in [1.165, 1.54) is 5.39 Å². The molecule has 1 aromatic heterocycles. The molecule has 0 saturated heterocycles. The molecule has 5 heteroatoms. The molecular formula is C23H20N2O2S. The maximum atomic E-state index is 12.6. The van der Waals surface area contributed by atoms with Crippen LogP contribution in [-0.4, -0.2) is 16.8 Å². The van der Waals surface area contributed by atoms with E-state index in [9.17, 15) is 4.79 Å². The van der Waals surface area contributed by atoms with Crippen molar-refractivity contribution in [1.82, 2.24) is 10.5 Å². The number of thioether (sulfide) groups is 1. The number of benzene rings is 3. The van der Waals surface area contributed by atoms with Crippen LogP contribution in [0, 0.1) is 0 Å². The lowest BCUT2D eigenvalue weighted by molar-refractivity contribution is 0.0947. The molecule has 4 nitrogen and oxygen atoms in total. The van der Waals surface area contributed by atoms with Gasteiger partial charge in [0.1, 0.15) is 5.69 Å². The van der Waals surface area contributed by atoms with Crippen molar-refractivity contribution in [2.24, 2.45) is 0 Å². The van der Waals surface area contributed by atoms with Gasteiger partial charge in [-0.25, -0.2) is 0 Å². The predicted molar refractivity (Wildman–Crippen MR) is 113 cm³/mol. The number of hydrogen-bond donors (Lipinski definition) is 1. The summed E-state index contributed by atoms with van der Waals surface area (Å²) < 4.78 is 5.49. The first-order valence-electron chi connectivity index (χ1n) is 9.19. The van der Waals surface area contributed by atoms with Crippen LogP contribution in [0.15, 0.2) is 82.2 Å². The van der Waals surface area contributed by atoms with Crippen molar-refractivity contribution >= 4 is 28.4 Å². The second-order valence-corrected chi connectivity index (χ2v) is 7.66. The van der Waals surface area contributed by atoms with Gasteiger partial charge in [0.25, 0.3) is 5.91 Å². The van der Waals surface area contributed by atoms with Gasteiger partial charge in [-0.15, -0.1) is 11.8 Å². The van der Waals surface area contributed by atoms with Crippen LogP contribution >= 0.6 is 11.8 Å². The first kappa shape index (κ1) is 18.3. The average molecular weight is 388 g/mol. The van der Waals surface area contributed by atoms with E-state index in [-0.39, 0.29) is 5.91 Å². The van der Waals surface area contributed by atoms with Gasteiger partial charge in [-0.2, -0.15) is 0 Å². The number of fused-ring (bicyclic) bond motifs is 1. The summed E-state index contributed by atoms with van der Waals surface area (Å²) in [6.07, 6.45) is 0. The number of rotatable bonds is 6. The third-order valence-corrected chi connectivity index (χ3v) is 5.41. The third kappa shape index (κ3) is 3.94. The largest absolute Gasteiger partial charge is 0.356 e. The summed E-state index contributed by atoms with van der Waals surface area (Å²) in [4.78, 5) is 13.5. The van der Waals surface area contributed by atoms with Crippen LogP contribution in [0.4, 0.5) is 0 Å². The molecule has 0 spiro atoms. The van der Waals surface area contributed by atoms with Gasteiger partial charge in [-0.1, -0.05) is 60.6 Å². The lowest BCUT2D eigenvalue weighted by Gasteiger charge is -2.08. The summed E-state index contributed by atoms with van der Waals surface area (Å²) >= 11 is 1.66. The SMILES string of the molecule is CCSc1ccccc1C(=O)NCc1cc(-c2ccc3ccccc3c2)on1. The summed E-state index contributed by atoms with van der Waals surface area (Å²) in [5.74, 6) is 1.51. The molecule has 1 heterocycles. The van der Waals surface area contributed by atoms with Gasteiger partial charge in [-0.05, 0) is 34.7 Å². The zero-order valence-electron chi connectivity index (χ0n) is 15.5. The summed E-state index contributed by atoms with van der Waals surface area (Å²) in [5.41, 5.74) is 2.35. The summed E-state index contributed by atoms with van der Waals surface area (Å²) in [5, 5.41) is 9.37. The predicted octanol–water partition coefficient (Wildman–Crippen LogP) is 5.54. The fraction of sp³-hybridized carbons (Fsp3) is 0.130. The fourth-order valence-corrected chi connectivity index (χ4v) is 3.88. The van der Waals surface area contributed by atoms with Crippen LogP contribution in [-0.2, 0) is 6.54 Å². The quantitative estimate of drug-likeness (QED) is 0.441. The summed E-state index contributed by atoms with van der Waals surface area (Å²) in [6, 6.07) is 23.9. The highest BCUT2D eigenvalue weighted by Gasteiger charge is 2.12. The molecule has 4 aromatic rings. The molecule has 3 aromatic carbocycles. The summed E-state index contributed by atoms with van der Waals surface area (Å²) in [7, 11) is 0. The Hall–Kier alpha value is -3.05. The number of carbonyl (C=O) groups excluding carboxylic acids is 1. The minimum absolute atomic E-state index is 0.105. The molecular weight excluding hydrogens is 368 g/mol. The zero-order chi connectivity index (χ0) is 19.3. The Bertz CT molecular complexity index is 1120. The van der Waals surface area contributed by atoms with Gasteiger partial charge in [0, 0.05) is 16.5 Å². The van der Waals surface area contributed by atoms with E-state index in [1.54, 1.807) is 11.8 Å². The zero-order valence-corrected chi connectivity index (χ0v) is 16.3. The van der Waals surface area contributed by atoms with Crippen molar-refractivity contribution in [1.29, 1.82) is 0 Å². The van der Waals surface area contributed by atoms with Crippen LogP contribution in [0.5, 0.6) is 0 Å². The Labute approximate surface area is 167 Å². The topological polar surface area (TPSA) is 55.1 Å². The molecule has 0 saturated carbocycles. The second-order valence-electron chi connectivity index (χ2n) is 6.36. The Morgan fingerprint density at radius 3 is 2.64 bits per heavy atom. The first-order chi connectivity index (χ1) is 13.7. The normalized spacial score (nSPS) is 10.9. The average Bonchev–Trinajstić information content (AvgIpc) is 3.21. The number of aromatic nitrogens is 1. The number of amides is 1. The molecule has 0 fully saturated rings. The van der Waals surface area contributed by atoms with Gasteiger partial charge in [0.2, 0.25) is 0 Å². The van der Waals surface area contributed by atoms with E-state index in [1.807, 2.05) is 48.5 Å². The van der Waals surface area contributed by atoms with Gasteiger partial charge < -0.3 is 9.84 Å².